The molecule has 7 nitrogen and oxygen atoms in total. The Morgan fingerprint density at radius 2 is 1.88 bits per heavy atom. The Bertz CT molecular complexity index is 1180. The van der Waals surface area contributed by atoms with E-state index in [1.54, 1.807) is 0 Å². The molecule has 0 bridgehead atoms. The van der Waals surface area contributed by atoms with Gasteiger partial charge in [0, 0.05) is 12.6 Å². The first-order valence-corrected chi connectivity index (χ1v) is 15.4. The number of hydrogen-bond acceptors (Lipinski definition) is 5. The van der Waals surface area contributed by atoms with Crippen LogP contribution in [0.3, 0.4) is 0 Å². The maximum atomic E-state index is 14.3. The van der Waals surface area contributed by atoms with Crippen LogP contribution in [0.1, 0.15) is 105 Å². The quantitative estimate of drug-likeness (QED) is 0.351. The summed E-state index contributed by atoms with van der Waals surface area (Å²) in [6.07, 6.45) is 7.30. The number of rotatable bonds is 11. The molecule has 2 saturated heterocycles. The Hall–Kier alpha value is -3.06. The Kier molecular flexibility index (Phi) is 9.30. The second-order valence-corrected chi connectivity index (χ2v) is 11.5. The Morgan fingerprint density at radius 1 is 1.12 bits per heavy atom. The van der Waals surface area contributed by atoms with Crippen molar-refractivity contribution >= 4 is 11.8 Å². The van der Waals surface area contributed by atoms with Crippen LogP contribution in [0.2, 0.25) is 0 Å². The first-order chi connectivity index (χ1) is 19.5. The zero-order chi connectivity index (χ0) is 28.1. The van der Waals surface area contributed by atoms with Gasteiger partial charge in [0.2, 0.25) is 5.91 Å². The molecule has 4 atom stereocenters. The van der Waals surface area contributed by atoms with Crippen LogP contribution >= 0.6 is 0 Å². The number of nitrogens with zero attached hydrogens (tertiary/aromatic N) is 1. The summed E-state index contributed by atoms with van der Waals surface area (Å²) in [7, 11) is 0. The van der Waals surface area contributed by atoms with Crippen molar-refractivity contribution in [1.82, 2.24) is 15.5 Å². The Morgan fingerprint density at radius 3 is 2.62 bits per heavy atom. The SMILES string of the molecule is CCCCOc1cc2c(c(C(=O)N[C@H](C)c3ccccc3)c1OCCCC)C1CC3NCCCC3C(=O)N1CC2. The van der Waals surface area contributed by atoms with Crippen LogP contribution < -0.4 is 20.1 Å². The molecular weight excluding hydrogens is 502 g/mol. The predicted octanol–water partition coefficient (Wildman–Crippen LogP) is 5.73. The van der Waals surface area contributed by atoms with Crippen LogP contribution in [-0.2, 0) is 11.2 Å². The van der Waals surface area contributed by atoms with Crippen LogP contribution in [0.15, 0.2) is 36.4 Å². The number of piperidine rings is 2. The Labute approximate surface area is 239 Å². The summed E-state index contributed by atoms with van der Waals surface area (Å²) in [5.41, 5.74) is 3.62. The molecule has 2 amide bonds. The number of ether oxygens (including phenoxy) is 2. The van der Waals surface area contributed by atoms with Gasteiger partial charge in [-0.1, -0.05) is 57.0 Å². The lowest BCUT2D eigenvalue weighted by atomic mass is 9.75. The third kappa shape index (κ3) is 5.85. The first kappa shape index (κ1) is 28.5. The highest BCUT2D eigenvalue weighted by Gasteiger charge is 2.47. The van der Waals surface area contributed by atoms with Gasteiger partial charge in [0.15, 0.2) is 11.5 Å². The number of hydrogen-bond donors (Lipinski definition) is 2. The molecule has 3 unspecified atom stereocenters. The number of fused-ring (bicyclic) bond motifs is 4. The molecular formula is C33H45N3O4. The molecule has 40 heavy (non-hydrogen) atoms. The molecule has 0 saturated carbocycles. The number of amides is 2. The molecule has 0 aromatic heterocycles. The average molecular weight is 548 g/mol. The summed E-state index contributed by atoms with van der Waals surface area (Å²) in [6.45, 7) is 8.96. The van der Waals surface area contributed by atoms with Gasteiger partial charge in [-0.05, 0) is 74.8 Å². The lowest BCUT2D eigenvalue weighted by Gasteiger charge is -2.49. The van der Waals surface area contributed by atoms with Crippen LogP contribution in [0, 0.1) is 5.92 Å². The van der Waals surface area contributed by atoms with Gasteiger partial charge in [-0.25, -0.2) is 0 Å². The summed E-state index contributed by atoms with van der Waals surface area (Å²) < 4.78 is 12.7. The second kappa shape index (κ2) is 13.1. The van der Waals surface area contributed by atoms with Crippen LogP contribution in [-0.4, -0.2) is 49.1 Å². The van der Waals surface area contributed by atoms with Crippen LogP contribution in [0.25, 0.3) is 0 Å². The second-order valence-electron chi connectivity index (χ2n) is 11.5. The molecule has 2 fully saturated rings. The fourth-order valence-electron chi connectivity index (χ4n) is 6.52. The molecule has 0 spiro atoms. The zero-order valence-electron chi connectivity index (χ0n) is 24.3. The number of benzene rings is 2. The van der Waals surface area contributed by atoms with E-state index < -0.39 is 0 Å². The van der Waals surface area contributed by atoms with Crippen molar-refractivity contribution in [2.45, 2.75) is 90.3 Å². The molecule has 3 aliphatic heterocycles. The molecule has 0 radical (unpaired) electrons. The maximum absolute atomic E-state index is 14.3. The monoisotopic (exact) mass is 547 g/mol. The summed E-state index contributed by atoms with van der Waals surface area (Å²) in [4.78, 5) is 30.1. The summed E-state index contributed by atoms with van der Waals surface area (Å²) >= 11 is 0. The van der Waals surface area contributed by atoms with E-state index in [1.165, 1.54) is 0 Å². The van der Waals surface area contributed by atoms with Crippen molar-refractivity contribution in [3.8, 4) is 11.5 Å². The van der Waals surface area contributed by atoms with Gasteiger partial charge in [-0.15, -0.1) is 0 Å². The molecule has 2 N–H and O–H groups in total. The average Bonchev–Trinajstić information content (AvgIpc) is 2.97. The minimum atomic E-state index is -0.186. The Balaban J connectivity index is 1.59. The normalized spacial score (nSPS) is 22.5. The van der Waals surface area contributed by atoms with E-state index in [4.69, 9.17) is 9.47 Å². The highest BCUT2D eigenvalue weighted by Crippen LogP contribution is 2.47. The smallest absolute Gasteiger partial charge is 0.256 e. The fourth-order valence-corrected chi connectivity index (χ4v) is 6.52. The van der Waals surface area contributed by atoms with Crippen LogP contribution in [0.4, 0.5) is 0 Å². The zero-order valence-corrected chi connectivity index (χ0v) is 24.3. The molecule has 3 heterocycles. The molecule has 5 rings (SSSR count). The van der Waals surface area contributed by atoms with Gasteiger partial charge < -0.3 is 25.0 Å². The molecule has 7 heteroatoms. The molecule has 3 aliphatic rings. The first-order valence-electron chi connectivity index (χ1n) is 15.4. The van der Waals surface area contributed by atoms with Gasteiger partial charge in [0.1, 0.15) is 0 Å². The maximum Gasteiger partial charge on any atom is 0.256 e. The van der Waals surface area contributed by atoms with Crippen molar-refractivity contribution < 1.29 is 19.1 Å². The van der Waals surface area contributed by atoms with Crippen LogP contribution in [0.5, 0.6) is 11.5 Å². The van der Waals surface area contributed by atoms with E-state index in [0.29, 0.717) is 43.2 Å². The van der Waals surface area contributed by atoms with Crippen molar-refractivity contribution in [3.63, 3.8) is 0 Å². The van der Waals surface area contributed by atoms with Gasteiger partial charge in [-0.2, -0.15) is 0 Å². The van der Waals surface area contributed by atoms with Gasteiger partial charge >= 0.3 is 0 Å². The lowest BCUT2D eigenvalue weighted by molar-refractivity contribution is -0.145. The van der Waals surface area contributed by atoms with E-state index in [9.17, 15) is 9.59 Å². The fraction of sp³-hybridized carbons (Fsp3) is 0.576. The number of nitrogens with one attached hydrogen (secondary N) is 2. The van der Waals surface area contributed by atoms with E-state index in [-0.39, 0.29) is 35.9 Å². The summed E-state index contributed by atoms with van der Waals surface area (Å²) in [5.74, 6) is 1.24. The minimum Gasteiger partial charge on any atom is -0.490 e. The van der Waals surface area contributed by atoms with Gasteiger partial charge in [-0.3, -0.25) is 9.59 Å². The molecule has 2 aromatic rings. The van der Waals surface area contributed by atoms with Gasteiger partial charge in [0.25, 0.3) is 5.91 Å². The van der Waals surface area contributed by atoms with Crippen molar-refractivity contribution in [1.29, 1.82) is 0 Å². The summed E-state index contributed by atoms with van der Waals surface area (Å²) in [5, 5.41) is 6.87. The number of unbranched alkanes of at least 4 members (excludes halogenated alkanes) is 2. The largest absolute Gasteiger partial charge is 0.490 e. The lowest BCUT2D eigenvalue weighted by Crippen LogP contribution is -2.58. The van der Waals surface area contributed by atoms with Crippen molar-refractivity contribution in [2.75, 3.05) is 26.3 Å². The highest BCUT2D eigenvalue weighted by molar-refractivity contribution is 6.00. The van der Waals surface area contributed by atoms with E-state index in [0.717, 1.165) is 68.2 Å². The van der Waals surface area contributed by atoms with Crippen molar-refractivity contribution in [3.05, 3.63) is 58.7 Å². The molecule has 0 aliphatic carbocycles. The van der Waals surface area contributed by atoms with Crippen molar-refractivity contribution in [2.24, 2.45) is 5.92 Å². The molecule has 2 aromatic carbocycles. The third-order valence-corrected chi connectivity index (χ3v) is 8.74. The third-order valence-electron chi connectivity index (χ3n) is 8.74. The molecule has 216 valence electrons. The van der Waals surface area contributed by atoms with E-state index in [2.05, 4.69) is 30.5 Å². The van der Waals surface area contributed by atoms with E-state index >= 15 is 0 Å². The highest BCUT2D eigenvalue weighted by atomic mass is 16.5. The topological polar surface area (TPSA) is 79.9 Å². The summed E-state index contributed by atoms with van der Waals surface area (Å²) in [6, 6.07) is 11.9. The standard InChI is InChI=1S/C33H45N3O4/c1-4-6-18-39-28-20-24-15-17-36-27(21-26-25(33(36)38)14-11-16-34-26)29(24)30(31(28)40-19-7-5-2)32(37)35-22(3)23-12-9-8-10-13-23/h8-10,12-13,20,22,25-27,34H,4-7,11,14-19,21H2,1-3H3,(H,35,37)/t22-,25?,26?,27?/m1/s1. The predicted molar refractivity (Wildman–Crippen MR) is 157 cm³/mol. The van der Waals surface area contributed by atoms with Gasteiger partial charge in [0.05, 0.1) is 36.8 Å². The van der Waals surface area contributed by atoms with E-state index in [1.807, 2.05) is 42.2 Å². The number of carbonyl (C=O) groups is 2. The minimum absolute atomic E-state index is 0.0267. The number of carbonyl (C=O) groups excluding carboxylic acids is 2.